The largest absolute Gasteiger partial charge is 0.493 e. The number of ether oxygens (including phenoxy) is 2. The van der Waals surface area contributed by atoms with Gasteiger partial charge in [-0.3, -0.25) is 25.4 Å². The monoisotopic (exact) mass is 419 g/mol. The summed E-state index contributed by atoms with van der Waals surface area (Å²) < 4.78 is 10.9. The Hall–Kier alpha value is -3.87. The van der Waals surface area contributed by atoms with E-state index in [4.69, 9.17) is 9.47 Å². The summed E-state index contributed by atoms with van der Waals surface area (Å²) in [5.41, 5.74) is 7.86. The van der Waals surface area contributed by atoms with Gasteiger partial charge in [0.1, 0.15) is 0 Å². The maximum Gasteiger partial charge on any atom is 0.271 e. The minimum Gasteiger partial charge on any atom is -0.493 e. The van der Waals surface area contributed by atoms with Crippen molar-refractivity contribution >= 4 is 11.8 Å². The fraction of sp³-hybridized carbons (Fsp3) is 0.208. The molecule has 0 fully saturated rings. The van der Waals surface area contributed by atoms with Crippen molar-refractivity contribution in [1.82, 2.24) is 15.8 Å². The average Bonchev–Trinajstić information content (AvgIpc) is 2.81. The quantitative estimate of drug-likeness (QED) is 0.567. The van der Waals surface area contributed by atoms with E-state index >= 15 is 0 Å². The summed E-state index contributed by atoms with van der Waals surface area (Å²) in [4.78, 5) is 29.5. The number of hydrogen-bond donors (Lipinski definition) is 2. The Morgan fingerprint density at radius 1 is 0.935 bits per heavy atom. The van der Waals surface area contributed by atoms with Crippen molar-refractivity contribution in [3.8, 4) is 22.8 Å². The molecule has 0 saturated carbocycles. The molecule has 0 aliphatic rings. The molecule has 1 heterocycles. The van der Waals surface area contributed by atoms with Crippen molar-refractivity contribution in [2.75, 3.05) is 13.7 Å². The number of benzene rings is 2. The first kappa shape index (κ1) is 21.8. The molecule has 0 aliphatic heterocycles. The van der Waals surface area contributed by atoms with Crippen molar-refractivity contribution in [3.63, 3.8) is 0 Å². The molecule has 2 N–H and O–H groups in total. The predicted octanol–water partition coefficient (Wildman–Crippen LogP) is 3.93. The van der Waals surface area contributed by atoms with Crippen LogP contribution in [0.1, 0.15) is 39.8 Å². The molecule has 160 valence electrons. The van der Waals surface area contributed by atoms with Gasteiger partial charge in [0.2, 0.25) is 0 Å². The van der Waals surface area contributed by atoms with E-state index in [2.05, 4.69) is 15.8 Å². The van der Waals surface area contributed by atoms with E-state index in [-0.39, 0.29) is 0 Å². The molecule has 31 heavy (non-hydrogen) atoms. The molecule has 0 spiro atoms. The summed E-state index contributed by atoms with van der Waals surface area (Å²) in [6, 6.07) is 18.0. The average molecular weight is 419 g/mol. The third-order valence-corrected chi connectivity index (χ3v) is 4.58. The lowest BCUT2D eigenvalue weighted by Crippen LogP contribution is -2.42. The van der Waals surface area contributed by atoms with E-state index in [0.29, 0.717) is 34.9 Å². The Kier molecular flexibility index (Phi) is 7.22. The van der Waals surface area contributed by atoms with Gasteiger partial charge in [-0.15, -0.1) is 0 Å². The fourth-order valence-electron chi connectivity index (χ4n) is 2.96. The van der Waals surface area contributed by atoms with Gasteiger partial charge < -0.3 is 9.47 Å². The number of pyridine rings is 1. The Bertz CT molecular complexity index is 1070. The summed E-state index contributed by atoms with van der Waals surface area (Å²) in [5.74, 6) is 0.0853. The van der Waals surface area contributed by atoms with Gasteiger partial charge in [0, 0.05) is 11.1 Å². The van der Waals surface area contributed by atoms with Gasteiger partial charge in [-0.25, -0.2) is 0 Å². The fourth-order valence-corrected chi connectivity index (χ4v) is 2.96. The molecule has 0 atom stereocenters. The maximum atomic E-state index is 12.5. The second kappa shape index (κ2) is 10.2. The van der Waals surface area contributed by atoms with Gasteiger partial charge in [-0.05, 0) is 43.7 Å². The topological polar surface area (TPSA) is 89.6 Å². The molecule has 0 unspecified atom stereocenters. The highest BCUT2D eigenvalue weighted by molar-refractivity contribution is 6.00. The van der Waals surface area contributed by atoms with Crippen LogP contribution in [-0.2, 0) is 0 Å². The molecule has 0 bridgehead atoms. The number of carbonyl (C=O) groups is 2. The number of aryl methyl sites for hydroxylation is 1. The summed E-state index contributed by atoms with van der Waals surface area (Å²) in [6.45, 7) is 4.31. The van der Waals surface area contributed by atoms with Gasteiger partial charge in [0.05, 0.1) is 30.7 Å². The zero-order valence-corrected chi connectivity index (χ0v) is 17.8. The van der Waals surface area contributed by atoms with E-state index in [9.17, 15) is 9.59 Å². The lowest BCUT2D eigenvalue weighted by Gasteiger charge is -2.13. The lowest BCUT2D eigenvalue weighted by atomic mass is 10.1. The smallest absolute Gasteiger partial charge is 0.271 e. The van der Waals surface area contributed by atoms with Crippen LogP contribution in [0.5, 0.6) is 11.5 Å². The maximum absolute atomic E-state index is 12.5. The molecule has 3 rings (SSSR count). The third-order valence-electron chi connectivity index (χ3n) is 4.58. The van der Waals surface area contributed by atoms with Gasteiger partial charge in [0.25, 0.3) is 11.8 Å². The van der Waals surface area contributed by atoms with Gasteiger partial charge in [0.15, 0.2) is 11.5 Å². The van der Waals surface area contributed by atoms with Gasteiger partial charge >= 0.3 is 0 Å². The van der Waals surface area contributed by atoms with Crippen LogP contribution in [0.2, 0.25) is 0 Å². The first-order chi connectivity index (χ1) is 15.0. The number of nitrogens with zero attached hydrogens (tertiary/aromatic N) is 1. The molecule has 0 saturated heterocycles. The Morgan fingerprint density at radius 2 is 1.68 bits per heavy atom. The highest BCUT2D eigenvalue weighted by atomic mass is 16.5. The van der Waals surface area contributed by atoms with Crippen LogP contribution in [0.3, 0.4) is 0 Å². The lowest BCUT2D eigenvalue weighted by molar-refractivity contribution is 0.0846. The van der Waals surface area contributed by atoms with Crippen molar-refractivity contribution in [1.29, 1.82) is 0 Å². The molecule has 1 aromatic heterocycles. The number of rotatable bonds is 7. The minimum atomic E-state index is -0.472. The van der Waals surface area contributed by atoms with E-state index in [0.717, 1.165) is 17.7 Å². The Morgan fingerprint density at radius 3 is 2.35 bits per heavy atom. The highest BCUT2D eigenvalue weighted by Crippen LogP contribution is 2.28. The SMILES string of the molecule is CCCOc1ccc(C(=O)NNC(=O)c2ccc(-c3ccccc3)nc2C)cc1OC. The van der Waals surface area contributed by atoms with Crippen molar-refractivity contribution in [2.24, 2.45) is 0 Å². The predicted molar refractivity (Wildman–Crippen MR) is 118 cm³/mol. The molecule has 0 aliphatic carbocycles. The number of carbonyl (C=O) groups excluding carboxylic acids is 2. The number of methoxy groups -OCH3 is 1. The molecule has 7 nitrogen and oxygen atoms in total. The van der Waals surface area contributed by atoms with E-state index < -0.39 is 11.8 Å². The minimum absolute atomic E-state index is 0.329. The van der Waals surface area contributed by atoms with E-state index in [1.165, 1.54) is 7.11 Å². The summed E-state index contributed by atoms with van der Waals surface area (Å²) in [6.07, 6.45) is 0.859. The van der Waals surface area contributed by atoms with Crippen molar-refractivity contribution < 1.29 is 19.1 Å². The molecule has 7 heteroatoms. The van der Waals surface area contributed by atoms with Crippen LogP contribution in [0.4, 0.5) is 0 Å². The number of aromatic nitrogens is 1. The first-order valence-electron chi connectivity index (χ1n) is 9.98. The second-order valence-corrected chi connectivity index (χ2v) is 6.82. The summed E-state index contributed by atoms with van der Waals surface area (Å²) >= 11 is 0. The van der Waals surface area contributed by atoms with Gasteiger partial charge in [-0.2, -0.15) is 0 Å². The Balaban J connectivity index is 1.66. The van der Waals surface area contributed by atoms with Crippen LogP contribution in [0, 0.1) is 6.92 Å². The zero-order valence-electron chi connectivity index (χ0n) is 17.8. The van der Waals surface area contributed by atoms with E-state index in [1.54, 1.807) is 37.3 Å². The van der Waals surface area contributed by atoms with Crippen molar-refractivity contribution in [2.45, 2.75) is 20.3 Å². The normalized spacial score (nSPS) is 10.3. The molecule has 0 radical (unpaired) electrons. The molecular weight excluding hydrogens is 394 g/mol. The van der Waals surface area contributed by atoms with Crippen LogP contribution in [-0.4, -0.2) is 30.5 Å². The number of amides is 2. The number of hydrazine groups is 1. The van der Waals surface area contributed by atoms with Crippen LogP contribution in [0.25, 0.3) is 11.3 Å². The summed E-state index contributed by atoms with van der Waals surface area (Å²) in [7, 11) is 1.51. The summed E-state index contributed by atoms with van der Waals surface area (Å²) in [5, 5.41) is 0. The number of hydrogen-bond acceptors (Lipinski definition) is 5. The van der Waals surface area contributed by atoms with Crippen molar-refractivity contribution in [3.05, 3.63) is 77.5 Å². The highest BCUT2D eigenvalue weighted by Gasteiger charge is 2.15. The third kappa shape index (κ3) is 5.39. The molecule has 3 aromatic rings. The van der Waals surface area contributed by atoms with Crippen LogP contribution < -0.4 is 20.3 Å². The number of nitrogens with one attached hydrogen (secondary N) is 2. The first-order valence-corrected chi connectivity index (χ1v) is 9.98. The van der Waals surface area contributed by atoms with Crippen LogP contribution in [0.15, 0.2) is 60.7 Å². The Labute approximate surface area is 181 Å². The standard InChI is InChI=1S/C24H25N3O4/c1-4-14-31-21-13-10-18(15-22(21)30-3)23(28)26-27-24(29)19-11-12-20(25-16(19)2)17-8-6-5-7-9-17/h5-13,15H,4,14H2,1-3H3,(H,26,28)(H,27,29). The zero-order chi connectivity index (χ0) is 22.2. The second-order valence-electron chi connectivity index (χ2n) is 6.82. The van der Waals surface area contributed by atoms with Gasteiger partial charge in [-0.1, -0.05) is 37.3 Å². The molecule has 2 aromatic carbocycles. The van der Waals surface area contributed by atoms with E-state index in [1.807, 2.05) is 37.3 Å². The molecular formula is C24H25N3O4. The molecule has 2 amide bonds. The van der Waals surface area contributed by atoms with Crippen LogP contribution >= 0.6 is 0 Å².